The third-order valence-corrected chi connectivity index (χ3v) is 2.15. The highest BCUT2D eigenvalue weighted by molar-refractivity contribution is 6.01. The number of hydrogen-bond donors (Lipinski definition) is 0. The van der Waals surface area contributed by atoms with Crippen LogP contribution in [0, 0.1) is 4.91 Å². The van der Waals surface area contributed by atoms with Crippen LogP contribution < -0.4 is 5.01 Å². The van der Waals surface area contributed by atoms with E-state index in [2.05, 4.69) is 5.29 Å². The Labute approximate surface area is 88.8 Å². The van der Waals surface area contributed by atoms with E-state index < -0.39 is 0 Å². The fourth-order valence-corrected chi connectivity index (χ4v) is 1.40. The lowest BCUT2D eigenvalue weighted by Crippen LogP contribution is -2.12. The summed E-state index contributed by atoms with van der Waals surface area (Å²) >= 11 is 0. The Bertz CT molecular complexity index is 363. The molecule has 0 unspecified atom stereocenters. The number of nitroso groups, excluding NO2 is 1. The molecule has 0 aliphatic rings. The largest absolute Gasteiger partial charge is 0.294 e. The molecule has 0 bridgehead atoms. The number of carbonyl (C=O) groups excluding carboxylic acids is 1. The van der Waals surface area contributed by atoms with Gasteiger partial charge in [0.1, 0.15) is 0 Å². The minimum absolute atomic E-state index is 0.0450. The van der Waals surface area contributed by atoms with Crippen LogP contribution in [0.15, 0.2) is 29.6 Å². The molecule has 0 N–H and O–H groups in total. The van der Waals surface area contributed by atoms with E-state index in [1.807, 2.05) is 6.92 Å². The molecule has 1 aromatic carbocycles. The van der Waals surface area contributed by atoms with E-state index in [-0.39, 0.29) is 5.78 Å². The van der Waals surface area contributed by atoms with Crippen LogP contribution in [-0.2, 0) is 0 Å². The molecule has 0 heterocycles. The van der Waals surface area contributed by atoms with Crippen LogP contribution in [0.4, 0.5) is 5.69 Å². The predicted octanol–water partition coefficient (Wildman–Crippen LogP) is 2.79. The number of para-hydroxylation sites is 1. The molecular weight excluding hydrogens is 192 g/mol. The highest BCUT2D eigenvalue weighted by atomic mass is 16.3. The van der Waals surface area contributed by atoms with Crippen molar-refractivity contribution in [1.82, 2.24) is 0 Å². The Morgan fingerprint density at radius 2 is 2.07 bits per heavy atom. The van der Waals surface area contributed by atoms with E-state index in [1.165, 1.54) is 12.1 Å². The van der Waals surface area contributed by atoms with Crippen LogP contribution in [0.1, 0.15) is 30.1 Å². The Hall–Kier alpha value is -1.71. The van der Waals surface area contributed by atoms with E-state index >= 15 is 0 Å². The Morgan fingerprint density at radius 3 is 2.67 bits per heavy atom. The number of nitrogens with zero attached hydrogens (tertiary/aromatic N) is 2. The maximum Gasteiger partial charge on any atom is 0.165 e. The fraction of sp³-hybridized carbons (Fsp3) is 0.364. The fourth-order valence-electron chi connectivity index (χ4n) is 1.40. The van der Waals surface area contributed by atoms with Gasteiger partial charge in [0.15, 0.2) is 5.78 Å². The second kappa shape index (κ2) is 5.24. The molecule has 0 aromatic heterocycles. The van der Waals surface area contributed by atoms with Crippen molar-refractivity contribution in [2.75, 3.05) is 12.1 Å². The number of carbonyl (C=O) groups is 1. The van der Waals surface area contributed by atoms with Crippen molar-refractivity contribution in [2.24, 2.45) is 5.29 Å². The molecule has 0 aliphatic carbocycles. The lowest BCUT2D eigenvalue weighted by Gasteiger charge is -2.12. The highest BCUT2D eigenvalue weighted by Gasteiger charge is 2.12. The van der Waals surface area contributed by atoms with Gasteiger partial charge in [-0.05, 0) is 18.6 Å². The summed E-state index contributed by atoms with van der Waals surface area (Å²) in [7, 11) is 1.53. The molecule has 0 saturated carbocycles. The lowest BCUT2D eigenvalue weighted by molar-refractivity contribution is 0.0982. The van der Waals surface area contributed by atoms with E-state index in [0.717, 1.165) is 6.42 Å². The molecule has 0 fully saturated rings. The third-order valence-electron chi connectivity index (χ3n) is 2.15. The number of benzene rings is 1. The quantitative estimate of drug-likeness (QED) is 0.423. The molecule has 4 nitrogen and oxygen atoms in total. The predicted molar refractivity (Wildman–Crippen MR) is 59.9 cm³/mol. The number of rotatable bonds is 5. The summed E-state index contributed by atoms with van der Waals surface area (Å²) in [6.07, 6.45) is 1.29. The zero-order chi connectivity index (χ0) is 11.3. The van der Waals surface area contributed by atoms with Crippen molar-refractivity contribution in [3.8, 4) is 0 Å². The molecule has 4 heteroatoms. The summed E-state index contributed by atoms with van der Waals surface area (Å²) in [6, 6.07) is 6.99. The monoisotopic (exact) mass is 206 g/mol. The van der Waals surface area contributed by atoms with Crippen molar-refractivity contribution in [3.63, 3.8) is 0 Å². The average Bonchev–Trinajstić information content (AvgIpc) is 2.28. The van der Waals surface area contributed by atoms with Gasteiger partial charge in [0.25, 0.3) is 0 Å². The Kier molecular flexibility index (Phi) is 3.97. The molecule has 1 aromatic rings. The van der Waals surface area contributed by atoms with Gasteiger partial charge in [0, 0.05) is 19.0 Å². The summed E-state index contributed by atoms with van der Waals surface area (Å²) in [5.41, 5.74) is 1.12. The summed E-state index contributed by atoms with van der Waals surface area (Å²) in [6.45, 7) is 1.95. The van der Waals surface area contributed by atoms with Gasteiger partial charge in [-0.2, -0.15) is 0 Å². The van der Waals surface area contributed by atoms with Crippen molar-refractivity contribution >= 4 is 11.5 Å². The second-order valence-electron chi connectivity index (χ2n) is 3.30. The zero-order valence-electron chi connectivity index (χ0n) is 8.93. The normalized spacial score (nSPS) is 9.73. The Balaban J connectivity index is 3.05. The van der Waals surface area contributed by atoms with Crippen molar-refractivity contribution in [3.05, 3.63) is 34.7 Å². The van der Waals surface area contributed by atoms with Gasteiger partial charge < -0.3 is 0 Å². The molecular formula is C11H14N2O2. The first-order valence-corrected chi connectivity index (χ1v) is 4.90. The molecule has 0 spiro atoms. The molecule has 0 radical (unpaired) electrons. The van der Waals surface area contributed by atoms with E-state index in [1.54, 1.807) is 24.3 Å². The topological polar surface area (TPSA) is 49.7 Å². The standard InChI is InChI=1S/C11H14N2O2/c1-3-6-11(14)9-7-4-5-8-10(9)13(2)12-15/h4-5,7-8H,3,6H2,1-2H3. The first kappa shape index (κ1) is 11.4. The van der Waals surface area contributed by atoms with Crippen molar-refractivity contribution in [2.45, 2.75) is 19.8 Å². The number of ketones is 1. The second-order valence-corrected chi connectivity index (χ2v) is 3.30. The molecule has 0 atom stereocenters. The highest BCUT2D eigenvalue weighted by Crippen LogP contribution is 2.21. The Morgan fingerprint density at radius 1 is 1.40 bits per heavy atom. The minimum atomic E-state index is 0.0450. The maximum atomic E-state index is 11.7. The SMILES string of the molecule is CCCC(=O)c1ccccc1N(C)N=O. The van der Waals surface area contributed by atoms with Crippen molar-refractivity contribution < 1.29 is 4.79 Å². The van der Waals surface area contributed by atoms with Gasteiger partial charge in [0.2, 0.25) is 0 Å². The van der Waals surface area contributed by atoms with Gasteiger partial charge in [-0.25, -0.2) is 5.01 Å². The van der Waals surface area contributed by atoms with E-state index in [4.69, 9.17) is 0 Å². The van der Waals surface area contributed by atoms with E-state index in [0.29, 0.717) is 17.7 Å². The number of hydrogen-bond acceptors (Lipinski definition) is 3. The molecule has 0 amide bonds. The van der Waals surface area contributed by atoms with Crippen LogP contribution in [0.2, 0.25) is 0 Å². The van der Waals surface area contributed by atoms with Gasteiger partial charge in [0.05, 0.1) is 11.0 Å². The number of Topliss-reactive ketones (excluding diaryl/α,β-unsaturated/α-hetero) is 1. The molecule has 80 valence electrons. The smallest absolute Gasteiger partial charge is 0.165 e. The minimum Gasteiger partial charge on any atom is -0.294 e. The van der Waals surface area contributed by atoms with Crippen LogP contribution in [0.5, 0.6) is 0 Å². The van der Waals surface area contributed by atoms with Gasteiger partial charge >= 0.3 is 0 Å². The number of anilines is 1. The van der Waals surface area contributed by atoms with Gasteiger partial charge in [-0.1, -0.05) is 19.1 Å². The molecule has 15 heavy (non-hydrogen) atoms. The van der Waals surface area contributed by atoms with E-state index in [9.17, 15) is 9.70 Å². The molecule has 0 aliphatic heterocycles. The third kappa shape index (κ3) is 2.62. The van der Waals surface area contributed by atoms with Gasteiger partial charge in [-0.3, -0.25) is 4.79 Å². The average molecular weight is 206 g/mol. The zero-order valence-corrected chi connectivity index (χ0v) is 8.93. The summed E-state index contributed by atoms with van der Waals surface area (Å²) in [5.74, 6) is 0.0450. The van der Waals surface area contributed by atoms with Crippen LogP contribution in [-0.4, -0.2) is 12.8 Å². The van der Waals surface area contributed by atoms with Crippen molar-refractivity contribution in [1.29, 1.82) is 0 Å². The van der Waals surface area contributed by atoms with Crippen LogP contribution in [0.25, 0.3) is 0 Å². The summed E-state index contributed by atoms with van der Waals surface area (Å²) < 4.78 is 0. The van der Waals surface area contributed by atoms with Gasteiger partial charge in [-0.15, -0.1) is 4.91 Å². The summed E-state index contributed by atoms with van der Waals surface area (Å²) in [4.78, 5) is 22.1. The first-order valence-electron chi connectivity index (χ1n) is 4.90. The molecule has 1 rings (SSSR count). The van der Waals surface area contributed by atoms with Crippen LogP contribution in [0.3, 0.4) is 0 Å². The molecule has 0 saturated heterocycles. The first-order chi connectivity index (χ1) is 7.20. The lowest BCUT2D eigenvalue weighted by atomic mass is 10.0. The van der Waals surface area contributed by atoms with Crippen LogP contribution >= 0.6 is 0 Å². The summed E-state index contributed by atoms with van der Waals surface area (Å²) in [5, 5.41) is 3.96. The maximum absolute atomic E-state index is 11.7.